The van der Waals surface area contributed by atoms with E-state index in [2.05, 4.69) is 21.2 Å². The number of aromatic nitrogens is 3. The summed E-state index contributed by atoms with van der Waals surface area (Å²) in [6.07, 6.45) is 3.49. The number of hydrogen-bond acceptors (Lipinski definition) is 3. The zero-order valence-electron chi connectivity index (χ0n) is 11.5. The van der Waals surface area contributed by atoms with E-state index in [1.165, 1.54) is 0 Å². The third-order valence-corrected chi connectivity index (χ3v) is 3.60. The molecule has 0 fully saturated rings. The predicted molar refractivity (Wildman–Crippen MR) is 81.8 cm³/mol. The average molecular weight is 275 g/mol. The minimum atomic E-state index is 0.861. The number of aromatic amines is 1. The molecule has 1 N–H and O–H groups in total. The molecule has 4 heteroatoms. The predicted octanol–water partition coefficient (Wildman–Crippen LogP) is 4.19. The van der Waals surface area contributed by atoms with Crippen LogP contribution in [0.15, 0.2) is 59.3 Å². The van der Waals surface area contributed by atoms with Gasteiger partial charge in [0.05, 0.1) is 12.0 Å². The fourth-order valence-corrected chi connectivity index (χ4v) is 2.56. The van der Waals surface area contributed by atoms with E-state index >= 15 is 0 Å². The molecule has 4 aromatic rings. The van der Waals surface area contributed by atoms with Crippen molar-refractivity contribution in [1.82, 2.24) is 15.2 Å². The maximum absolute atomic E-state index is 5.48. The summed E-state index contributed by atoms with van der Waals surface area (Å²) >= 11 is 0. The molecule has 1 aromatic carbocycles. The highest BCUT2D eigenvalue weighted by molar-refractivity contribution is 5.87. The Bertz CT molecular complexity index is 906. The molecule has 0 amide bonds. The molecule has 4 nitrogen and oxygen atoms in total. The number of fused-ring (bicyclic) bond motifs is 1. The fraction of sp³-hybridized carbons (Fsp3) is 0.0588. The van der Waals surface area contributed by atoms with Crippen LogP contribution in [-0.2, 0) is 0 Å². The van der Waals surface area contributed by atoms with Gasteiger partial charge in [0.1, 0.15) is 11.3 Å². The summed E-state index contributed by atoms with van der Waals surface area (Å²) in [6, 6.07) is 13.9. The number of H-pyrrole nitrogens is 1. The number of pyridine rings is 1. The SMILES string of the molecule is Cc1[nH]nc(-c2ccc3ccoc3c2)c1-c1ccccn1. The van der Waals surface area contributed by atoms with Gasteiger partial charge < -0.3 is 4.42 Å². The van der Waals surface area contributed by atoms with Gasteiger partial charge in [-0.1, -0.05) is 18.2 Å². The van der Waals surface area contributed by atoms with Gasteiger partial charge in [0, 0.05) is 28.4 Å². The third kappa shape index (κ3) is 1.92. The normalized spacial score (nSPS) is 11.1. The Morgan fingerprint density at radius 1 is 1.10 bits per heavy atom. The number of aryl methyl sites for hydroxylation is 1. The second kappa shape index (κ2) is 4.59. The van der Waals surface area contributed by atoms with Gasteiger partial charge in [0.2, 0.25) is 0 Å². The first-order valence-corrected chi connectivity index (χ1v) is 6.77. The Morgan fingerprint density at radius 3 is 2.90 bits per heavy atom. The van der Waals surface area contributed by atoms with Crippen molar-refractivity contribution < 1.29 is 4.42 Å². The van der Waals surface area contributed by atoms with Crippen molar-refractivity contribution in [2.45, 2.75) is 6.92 Å². The van der Waals surface area contributed by atoms with Crippen molar-refractivity contribution in [3.05, 3.63) is 60.6 Å². The lowest BCUT2D eigenvalue weighted by molar-refractivity contribution is 0.616. The Kier molecular flexibility index (Phi) is 2.60. The fourth-order valence-electron chi connectivity index (χ4n) is 2.56. The van der Waals surface area contributed by atoms with Crippen LogP contribution in [0, 0.1) is 6.92 Å². The Morgan fingerprint density at radius 2 is 2.05 bits per heavy atom. The third-order valence-electron chi connectivity index (χ3n) is 3.60. The minimum Gasteiger partial charge on any atom is -0.464 e. The van der Waals surface area contributed by atoms with Gasteiger partial charge in [-0.15, -0.1) is 0 Å². The topological polar surface area (TPSA) is 54.7 Å². The maximum Gasteiger partial charge on any atom is 0.134 e. The highest BCUT2D eigenvalue weighted by Gasteiger charge is 2.15. The summed E-state index contributed by atoms with van der Waals surface area (Å²) in [6.45, 7) is 2.01. The van der Waals surface area contributed by atoms with Gasteiger partial charge >= 0.3 is 0 Å². The van der Waals surface area contributed by atoms with Crippen molar-refractivity contribution in [1.29, 1.82) is 0 Å². The van der Waals surface area contributed by atoms with E-state index in [0.717, 1.165) is 39.2 Å². The van der Waals surface area contributed by atoms with Crippen molar-refractivity contribution in [2.75, 3.05) is 0 Å². The summed E-state index contributed by atoms with van der Waals surface area (Å²) in [4.78, 5) is 4.44. The molecular weight excluding hydrogens is 262 g/mol. The maximum atomic E-state index is 5.48. The largest absolute Gasteiger partial charge is 0.464 e. The molecule has 0 aliphatic carbocycles. The first-order valence-electron chi connectivity index (χ1n) is 6.77. The molecule has 0 atom stereocenters. The molecule has 0 radical (unpaired) electrons. The van der Waals surface area contributed by atoms with Crippen LogP contribution in [0.25, 0.3) is 33.5 Å². The van der Waals surface area contributed by atoms with Gasteiger partial charge in [-0.25, -0.2) is 0 Å². The van der Waals surface area contributed by atoms with Crippen LogP contribution < -0.4 is 0 Å². The van der Waals surface area contributed by atoms with E-state index < -0.39 is 0 Å². The lowest BCUT2D eigenvalue weighted by Crippen LogP contribution is -1.86. The molecule has 0 saturated carbocycles. The van der Waals surface area contributed by atoms with Crippen LogP contribution in [0.5, 0.6) is 0 Å². The lowest BCUT2D eigenvalue weighted by atomic mass is 10.0. The Hall–Kier alpha value is -2.88. The second-order valence-electron chi connectivity index (χ2n) is 4.96. The van der Waals surface area contributed by atoms with Crippen LogP contribution in [-0.4, -0.2) is 15.2 Å². The van der Waals surface area contributed by atoms with Gasteiger partial charge in [0.25, 0.3) is 0 Å². The van der Waals surface area contributed by atoms with Crippen LogP contribution in [0.1, 0.15) is 5.69 Å². The lowest BCUT2D eigenvalue weighted by Gasteiger charge is -2.03. The van der Waals surface area contributed by atoms with Crippen LogP contribution in [0.3, 0.4) is 0 Å². The zero-order valence-corrected chi connectivity index (χ0v) is 11.5. The number of rotatable bonds is 2. The molecule has 102 valence electrons. The first-order chi connectivity index (χ1) is 10.3. The smallest absolute Gasteiger partial charge is 0.134 e. The number of hydrogen-bond donors (Lipinski definition) is 1. The van der Waals surface area contributed by atoms with Crippen LogP contribution in [0.2, 0.25) is 0 Å². The van der Waals surface area contributed by atoms with Crippen LogP contribution >= 0.6 is 0 Å². The van der Waals surface area contributed by atoms with Crippen molar-refractivity contribution >= 4 is 11.0 Å². The molecule has 0 bridgehead atoms. The molecular formula is C17H13N3O. The van der Waals surface area contributed by atoms with E-state index in [0.29, 0.717) is 0 Å². The summed E-state index contributed by atoms with van der Waals surface area (Å²) < 4.78 is 5.48. The number of furan rings is 1. The molecule has 0 aliphatic heterocycles. The number of nitrogens with zero attached hydrogens (tertiary/aromatic N) is 2. The van der Waals surface area contributed by atoms with Gasteiger partial charge in [-0.2, -0.15) is 5.10 Å². The molecule has 4 rings (SSSR count). The Labute approximate surface area is 121 Å². The van der Waals surface area contributed by atoms with Crippen LogP contribution in [0.4, 0.5) is 0 Å². The zero-order chi connectivity index (χ0) is 14.2. The molecule has 0 unspecified atom stereocenters. The van der Waals surface area contributed by atoms with Crippen molar-refractivity contribution in [2.24, 2.45) is 0 Å². The first kappa shape index (κ1) is 11.9. The quantitative estimate of drug-likeness (QED) is 0.596. The molecule has 21 heavy (non-hydrogen) atoms. The summed E-state index contributed by atoms with van der Waals surface area (Å²) in [5.41, 5.74) is 5.72. The monoisotopic (exact) mass is 275 g/mol. The summed E-state index contributed by atoms with van der Waals surface area (Å²) in [7, 11) is 0. The van der Waals surface area contributed by atoms with E-state index in [1.54, 1.807) is 12.5 Å². The minimum absolute atomic E-state index is 0.861. The average Bonchev–Trinajstić information content (AvgIpc) is 3.13. The van der Waals surface area contributed by atoms with Gasteiger partial charge in [-0.05, 0) is 31.2 Å². The highest BCUT2D eigenvalue weighted by atomic mass is 16.3. The van der Waals surface area contributed by atoms with E-state index in [-0.39, 0.29) is 0 Å². The van der Waals surface area contributed by atoms with Crippen molar-refractivity contribution in [3.8, 4) is 22.5 Å². The second-order valence-corrected chi connectivity index (χ2v) is 4.96. The molecule has 0 spiro atoms. The standard InChI is InChI=1S/C17H13N3O/c1-11-16(14-4-2-3-8-18-14)17(20-19-11)13-6-5-12-7-9-21-15(12)10-13/h2-10H,1H3,(H,19,20). The molecule has 0 saturated heterocycles. The highest BCUT2D eigenvalue weighted by Crippen LogP contribution is 2.33. The molecule has 0 aliphatic rings. The molecule has 3 aromatic heterocycles. The summed E-state index contributed by atoms with van der Waals surface area (Å²) in [5, 5.41) is 8.59. The Balaban J connectivity index is 1.93. The van der Waals surface area contributed by atoms with Gasteiger partial charge in [0.15, 0.2) is 0 Å². The van der Waals surface area contributed by atoms with E-state index in [9.17, 15) is 0 Å². The summed E-state index contributed by atoms with van der Waals surface area (Å²) in [5.74, 6) is 0. The number of nitrogens with one attached hydrogen (secondary N) is 1. The van der Waals surface area contributed by atoms with E-state index in [1.807, 2.05) is 43.3 Å². The van der Waals surface area contributed by atoms with E-state index in [4.69, 9.17) is 4.42 Å². The number of benzene rings is 1. The van der Waals surface area contributed by atoms with Crippen molar-refractivity contribution in [3.63, 3.8) is 0 Å². The van der Waals surface area contributed by atoms with Gasteiger partial charge in [-0.3, -0.25) is 10.1 Å². The molecule has 3 heterocycles.